The van der Waals surface area contributed by atoms with Gasteiger partial charge in [0.1, 0.15) is 10.6 Å². The lowest BCUT2D eigenvalue weighted by Crippen LogP contribution is -2.28. The van der Waals surface area contributed by atoms with Crippen molar-refractivity contribution in [3.8, 4) is 5.75 Å². The highest BCUT2D eigenvalue weighted by Crippen LogP contribution is 2.27. The Balaban J connectivity index is 1.85. The molecule has 0 saturated carbocycles. The number of ether oxygens (including phenoxy) is 1. The molecule has 0 radical (unpaired) electrons. The van der Waals surface area contributed by atoms with Gasteiger partial charge in [0.2, 0.25) is 0 Å². The van der Waals surface area contributed by atoms with Crippen LogP contribution in [0, 0.1) is 6.92 Å². The van der Waals surface area contributed by atoms with E-state index in [2.05, 4.69) is 10.0 Å². The van der Waals surface area contributed by atoms with E-state index in [1.54, 1.807) is 37.4 Å². The second-order valence-corrected chi connectivity index (χ2v) is 9.34. The maximum Gasteiger partial charge on any atom is 0.263 e. The van der Waals surface area contributed by atoms with Crippen molar-refractivity contribution in [2.75, 3.05) is 11.8 Å². The SMILES string of the molecule is CCC(NC(=O)c1ccc(Cl)c(S(=O)(=O)Nc2ccccc2)c1)c1ccc(OC)c(C)c1. The summed E-state index contributed by atoms with van der Waals surface area (Å²) in [5.74, 6) is 0.381. The van der Waals surface area contributed by atoms with E-state index in [-0.39, 0.29) is 21.5 Å². The van der Waals surface area contributed by atoms with E-state index >= 15 is 0 Å². The molecular formula is C24H25ClN2O4S. The number of aryl methyl sites for hydroxylation is 1. The maximum absolute atomic E-state index is 13.0. The number of nitrogens with one attached hydrogen (secondary N) is 2. The number of hydrogen-bond acceptors (Lipinski definition) is 4. The van der Waals surface area contributed by atoms with Crippen LogP contribution in [-0.2, 0) is 10.0 Å². The zero-order chi connectivity index (χ0) is 23.3. The molecule has 0 aromatic heterocycles. The van der Waals surface area contributed by atoms with E-state index in [9.17, 15) is 13.2 Å². The lowest BCUT2D eigenvalue weighted by molar-refractivity contribution is 0.0935. The third-order valence-corrected chi connectivity index (χ3v) is 6.91. The standard InChI is InChI=1S/C24H25ClN2O4S/c1-4-21(17-11-13-22(31-3)16(2)14-17)26-24(28)18-10-12-20(25)23(15-18)32(29,30)27-19-8-6-5-7-9-19/h5-15,21,27H,4H2,1-3H3,(H,26,28). The fourth-order valence-corrected chi connectivity index (χ4v) is 4.93. The van der Waals surface area contributed by atoms with E-state index in [1.165, 1.54) is 18.2 Å². The number of amides is 1. The second-order valence-electron chi connectivity index (χ2n) is 7.28. The molecule has 3 aromatic carbocycles. The van der Waals surface area contributed by atoms with E-state index < -0.39 is 15.9 Å². The maximum atomic E-state index is 13.0. The molecule has 6 nitrogen and oxygen atoms in total. The lowest BCUT2D eigenvalue weighted by atomic mass is 10.0. The van der Waals surface area contributed by atoms with Gasteiger partial charge < -0.3 is 10.1 Å². The molecular weight excluding hydrogens is 448 g/mol. The van der Waals surface area contributed by atoms with Crippen molar-refractivity contribution in [3.05, 3.63) is 88.4 Å². The molecule has 0 spiro atoms. The number of rotatable bonds is 8. The molecule has 0 aliphatic heterocycles. The monoisotopic (exact) mass is 472 g/mol. The lowest BCUT2D eigenvalue weighted by Gasteiger charge is -2.19. The molecule has 2 N–H and O–H groups in total. The fraction of sp³-hybridized carbons (Fsp3) is 0.208. The molecule has 1 atom stereocenters. The van der Waals surface area contributed by atoms with Gasteiger partial charge in [0.25, 0.3) is 15.9 Å². The van der Waals surface area contributed by atoms with Crippen molar-refractivity contribution in [1.82, 2.24) is 5.32 Å². The summed E-state index contributed by atoms with van der Waals surface area (Å²) in [5, 5.41) is 3.00. The number of benzene rings is 3. The second kappa shape index (κ2) is 10.1. The Morgan fingerprint density at radius 3 is 2.41 bits per heavy atom. The topological polar surface area (TPSA) is 84.5 Å². The molecule has 0 saturated heterocycles. The van der Waals surface area contributed by atoms with Crippen LogP contribution in [0.25, 0.3) is 0 Å². The Labute approximate surface area is 193 Å². The molecule has 0 fully saturated rings. The molecule has 1 amide bonds. The predicted octanol–water partition coefficient (Wildman–Crippen LogP) is 5.34. The zero-order valence-electron chi connectivity index (χ0n) is 18.1. The van der Waals surface area contributed by atoms with Gasteiger partial charge >= 0.3 is 0 Å². The first kappa shape index (κ1) is 23.6. The van der Waals surface area contributed by atoms with Crippen molar-refractivity contribution >= 4 is 33.2 Å². The third-order valence-electron chi connectivity index (χ3n) is 5.04. The summed E-state index contributed by atoms with van der Waals surface area (Å²) in [6.07, 6.45) is 0.659. The van der Waals surface area contributed by atoms with Gasteiger partial charge in [0.05, 0.1) is 18.2 Å². The summed E-state index contributed by atoms with van der Waals surface area (Å²) in [7, 11) is -2.36. The highest BCUT2D eigenvalue weighted by atomic mass is 35.5. The van der Waals surface area contributed by atoms with Crippen LogP contribution in [0.1, 0.15) is 40.9 Å². The fourth-order valence-electron chi connectivity index (χ4n) is 3.35. The number of halogens is 1. The first-order valence-corrected chi connectivity index (χ1v) is 11.9. The Kier molecular flexibility index (Phi) is 7.43. The van der Waals surface area contributed by atoms with Gasteiger partial charge in [-0.2, -0.15) is 0 Å². The minimum Gasteiger partial charge on any atom is -0.496 e. The van der Waals surface area contributed by atoms with Crippen LogP contribution >= 0.6 is 11.6 Å². The number of hydrogen-bond donors (Lipinski definition) is 2. The van der Waals surface area contributed by atoms with E-state index in [0.29, 0.717) is 12.1 Å². The molecule has 32 heavy (non-hydrogen) atoms. The number of anilines is 1. The Morgan fingerprint density at radius 1 is 1.06 bits per heavy atom. The Morgan fingerprint density at radius 2 is 1.78 bits per heavy atom. The van der Waals surface area contributed by atoms with Crippen LogP contribution in [0.3, 0.4) is 0 Å². The Hall–Kier alpha value is -3.03. The van der Waals surface area contributed by atoms with Gasteiger partial charge in [-0.25, -0.2) is 8.42 Å². The summed E-state index contributed by atoms with van der Waals surface area (Å²) in [4.78, 5) is 12.8. The van der Waals surface area contributed by atoms with Gasteiger partial charge in [-0.3, -0.25) is 9.52 Å². The molecule has 1 unspecified atom stereocenters. The van der Waals surface area contributed by atoms with Gasteiger partial charge in [-0.1, -0.05) is 48.9 Å². The smallest absolute Gasteiger partial charge is 0.263 e. The highest BCUT2D eigenvalue weighted by Gasteiger charge is 2.22. The quantitative estimate of drug-likeness (QED) is 0.463. The van der Waals surface area contributed by atoms with Crippen molar-refractivity contribution in [1.29, 1.82) is 0 Å². The van der Waals surface area contributed by atoms with Crippen LogP contribution < -0.4 is 14.8 Å². The Bertz CT molecular complexity index is 1210. The first-order chi connectivity index (χ1) is 15.2. The molecule has 0 heterocycles. The van der Waals surface area contributed by atoms with Gasteiger partial charge in [-0.05, 0) is 60.9 Å². The molecule has 0 bridgehead atoms. The van der Waals surface area contributed by atoms with Crippen LogP contribution in [0.2, 0.25) is 5.02 Å². The van der Waals surface area contributed by atoms with E-state index in [4.69, 9.17) is 16.3 Å². The van der Waals surface area contributed by atoms with E-state index in [1.807, 2.05) is 32.0 Å². The first-order valence-electron chi connectivity index (χ1n) is 10.1. The minimum atomic E-state index is -3.98. The normalized spacial score (nSPS) is 12.1. The van der Waals surface area contributed by atoms with Crippen LogP contribution in [-0.4, -0.2) is 21.4 Å². The van der Waals surface area contributed by atoms with Crippen LogP contribution in [0.4, 0.5) is 5.69 Å². The van der Waals surface area contributed by atoms with Crippen LogP contribution in [0.5, 0.6) is 5.75 Å². The summed E-state index contributed by atoms with van der Waals surface area (Å²) >= 11 is 6.16. The molecule has 0 aliphatic rings. The molecule has 168 valence electrons. The van der Waals surface area contributed by atoms with Crippen LogP contribution in [0.15, 0.2) is 71.6 Å². The number of para-hydroxylation sites is 1. The highest BCUT2D eigenvalue weighted by molar-refractivity contribution is 7.92. The molecule has 0 aliphatic carbocycles. The summed E-state index contributed by atoms with van der Waals surface area (Å²) in [5.41, 5.74) is 2.50. The summed E-state index contributed by atoms with van der Waals surface area (Å²) < 4.78 is 33.5. The van der Waals surface area contributed by atoms with Gasteiger partial charge in [0, 0.05) is 11.3 Å². The van der Waals surface area contributed by atoms with Crippen molar-refractivity contribution in [3.63, 3.8) is 0 Å². The third kappa shape index (κ3) is 5.41. The zero-order valence-corrected chi connectivity index (χ0v) is 19.6. The predicted molar refractivity (Wildman–Crippen MR) is 127 cm³/mol. The molecule has 3 rings (SSSR count). The average Bonchev–Trinajstić information content (AvgIpc) is 2.77. The molecule has 8 heteroatoms. The van der Waals surface area contributed by atoms with Gasteiger partial charge in [-0.15, -0.1) is 0 Å². The number of carbonyl (C=O) groups is 1. The largest absolute Gasteiger partial charge is 0.496 e. The minimum absolute atomic E-state index is 0.0304. The number of methoxy groups -OCH3 is 1. The number of sulfonamides is 1. The van der Waals surface area contributed by atoms with Crippen molar-refractivity contribution < 1.29 is 17.9 Å². The number of carbonyl (C=O) groups excluding carboxylic acids is 1. The average molecular weight is 473 g/mol. The van der Waals surface area contributed by atoms with Crippen molar-refractivity contribution in [2.24, 2.45) is 0 Å². The van der Waals surface area contributed by atoms with E-state index in [0.717, 1.165) is 16.9 Å². The van der Waals surface area contributed by atoms with Gasteiger partial charge in [0.15, 0.2) is 0 Å². The molecule has 3 aromatic rings. The van der Waals surface area contributed by atoms with Crippen molar-refractivity contribution in [2.45, 2.75) is 31.2 Å². The summed E-state index contributed by atoms with van der Waals surface area (Å²) in [6, 6.07) is 18.2. The summed E-state index contributed by atoms with van der Waals surface area (Å²) in [6.45, 7) is 3.90.